The van der Waals surface area contributed by atoms with Gasteiger partial charge in [0.05, 0.1) is 13.2 Å². The molecule has 0 radical (unpaired) electrons. The number of nitrogens with zero attached hydrogens (tertiary/aromatic N) is 3. The summed E-state index contributed by atoms with van der Waals surface area (Å²) in [5.74, 6) is 2.49. The topological polar surface area (TPSA) is 40.1 Å². The fourth-order valence-electron chi connectivity index (χ4n) is 4.13. The van der Waals surface area contributed by atoms with Gasteiger partial charge in [0, 0.05) is 46.3 Å². The number of likely N-dealkylation sites (tertiary alicyclic amines) is 1. The van der Waals surface area contributed by atoms with Crippen LogP contribution in [0.5, 0.6) is 0 Å². The van der Waals surface area contributed by atoms with Gasteiger partial charge in [0.15, 0.2) is 5.96 Å². The van der Waals surface area contributed by atoms with Crippen LogP contribution < -0.4 is 5.32 Å². The largest absolute Gasteiger partial charge is 0.379 e. The third kappa shape index (κ3) is 6.91. The second-order valence-corrected chi connectivity index (χ2v) is 7.96. The molecule has 2 saturated heterocycles. The zero-order valence-electron chi connectivity index (χ0n) is 17.0. The molecule has 0 aliphatic carbocycles. The monoisotopic (exact) mass is 486 g/mol. The van der Waals surface area contributed by atoms with Crippen LogP contribution in [0.1, 0.15) is 31.4 Å². The maximum absolute atomic E-state index is 5.42. The van der Waals surface area contributed by atoms with E-state index in [1.165, 1.54) is 17.5 Å². The Morgan fingerprint density at radius 2 is 1.67 bits per heavy atom. The molecule has 2 aliphatic heterocycles. The molecule has 5 nitrogen and oxygen atoms in total. The van der Waals surface area contributed by atoms with Gasteiger partial charge in [-0.05, 0) is 29.4 Å². The lowest BCUT2D eigenvalue weighted by molar-refractivity contribution is 0.0342. The Balaban J connectivity index is 0.00000261. The molecule has 152 valence electrons. The normalized spacial score (nSPS) is 24.4. The number of guanidine groups is 1. The van der Waals surface area contributed by atoms with Crippen LogP contribution in [0.4, 0.5) is 0 Å². The summed E-state index contributed by atoms with van der Waals surface area (Å²) in [5.41, 5.74) is 2.67. The van der Waals surface area contributed by atoms with E-state index in [1.54, 1.807) is 0 Å². The smallest absolute Gasteiger partial charge is 0.193 e. The molecule has 2 unspecified atom stereocenters. The van der Waals surface area contributed by atoms with Crippen LogP contribution in [-0.2, 0) is 17.8 Å². The van der Waals surface area contributed by atoms with Crippen molar-refractivity contribution >= 4 is 29.9 Å². The summed E-state index contributed by atoms with van der Waals surface area (Å²) in [6, 6.07) is 8.97. The van der Waals surface area contributed by atoms with Gasteiger partial charge in [0.2, 0.25) is 0 Å². The van der Waals surface area contributed by atoms with Crippen LogP contribution in [0.15, 0.2) is 29.3 Å². The van der Waals surface area contributed by atoms with E-state index in [9.17, 15) is 0 Å². The average molecular weight is 486 g/mol. The number of ether oxygens (including phenoxy) is 1. The molecule has 0 saturated carbocycles. The highest BCUT2D eigenvalue weighted by Gasteiger charge is 2.23. The number of halogens is 1. The van der Waals surface area contributed by atoms with Crippen molar-refractivity contribution in [3.05, 3.63) is 35.4 Å². The summed E-state index contributed by atoms with van der Waals surface area (Å²) < 4.78 is 5.42. The SMILES string of the molecule is CN=C(NCc1ccc(CN2CCOCC2)cc1)N1CC(C)CC(C)C1.I. The lowest BCUT2D eigenvalue weighted by Gasteiger charge is -2.37. The van der Waals surface area contributed by atoms with Crippen molar-refractivity contribution in [2.45, 2.75) is 33.4 Å². The first-order valence-corrected chi connectivity index (χ1v) is 9.97. The van der Waals surface area contributed by atoms with Crippen molar-refractivity contribution in [3.63, 3.8) is 0 Å². The predicted octanol–water partition coefficient (Wildman–Crippen LogP) is 3.19. The molecule has 1 aromatic carbocycles. The van der Waals surface area contributed by atoms with E-state index in [0.717, 1.165) is 70.3 Å². The molecule has 1 aromatic rings. The summed E-state index contributed by atoms with van der Waals surface area (Å²) in [7, 11) is 1.89. The maximum atomic E-state index is 5.42. The van der Waals surface area contributed by atoms with E-state index < -0.39 is 0 Å². The Bertz CT molecular complexity index is 576. The first kappa shape index (κ1) is 22.4. The van der Waals surface area contributed by atoms with E-state index in [-0.39, 0.29) is 24.0 Å². The molecule has 6 heteroatoms. The summed E-state index contributed by atoms with van der Waals surface area (Å²) >= 11 is 0. The van der Waals surface area contributed by atoms with E-state index in [1.807, 2.05) is 7.05 Å². The van der Waals surface area contributed by atoms with Crippen LogP contribution in [0.2, 0.25) is 0 Å². The number of piperidine rings is 1. The Morgan fingerprint density at radius 1 is 1.07 bits per heavy atom. The van der Waals surface area contributed by atoms with Gasteiger partial charge in [-0.3, -0.25) is 9.89 Å². The van der Waals surface area contributed by atoms with E-state index in [2.05, 4.69) is 58.2 Å². The van der Waals surface area contributed by atoms with Crippen LogP contribution in [0.3, 0.4) is 0 Å². The Hall–Kier alpha value is -0.860. The molecule has 3 rings (SSSR count). The van der Waals surface area contributed by atoms with Gasteiger partial charge in [0.1, 0.15) is 0 Å². The lowest BCUT2D eigenvalue weighted by Crippen LogP contribution is -2.48. The highest BCUT2D eigenvalue weighted by Crippen LogP contribution is 2.21. The molecule has 2 atom stereocenters. The fraction of sp³-hybridized carbons (Fsp3) is 0.667. The lowest BCUT2D eigenvalue weighted by atomic mass is 9.92. The van der Waals surface area contributed by atoms with Crippen molar-refractivity contribution in [1.82, 2.24) is 15.1 Å². The molecule has 2 aliphatic rings. The van der Waals surface area contributed by atoms with Gasteiger partial charge >= 0.3 is 0 Å². The van der Waals surface area contributed by atoms with Crippen molar-refractivity contribution in [2.24, 2.45) is 16.8 Å². The number of morpholine rings is 1. The average Bonchev–Trinajstić information content (AvgIpc) is 2.64. The molecule has 27 heavy (non-hydrogen) atoms. The first-order valence-electron chi connectivity index (χ1n) is 9.97. The molecule has 0 spiro atoms. The summed E-state index contributed by atoms with van der Waals surface area (Å²) in [6.45, 7) is 12.5. The zero-order chi connectivity index (χ0) is 18.4. The number of benzene rings is 1. The highest BCUT2D eigenvalue weighted by atomic mass is 127. The Morgan fingerprint density at radius 3 is 2.26 bits per heavy atom. The second kappa shape index (κ2) is 11.2. The minimum absolute atomic E-state index is 0. The summed E-state index contributed by atoms with van der Waals surface area (Å²) in [5, 5.41) is 3.55. The van der Waals surface area contributed by atoms with Crippen LogP contribution >= 0.6 is 24.0 Å². The molecule has 0 aromatic heterocycles. The quantitative estimate of drug-likeness (QED) is 0.403. The third-order valence-corrected chi connectivity index (χ3v) is 5.36. The molecule has 0 bridgehead atoms. The van der Waals surface area contributed by atoms with Gasteiger partial charge in [-0.2, -0.15) is 0 Å². The minimum atomic E-state index is 0. The van der Waals surface area contributed by atoms with Crippen LogP contribution in [-0.4, -0.2) is 62.2 Å². The van der Waals surface area contributed by atoms with Crippen molar-refractivity contribution in [2.75, 3.05) is 46.4 Å². The number of nitrogens with one attached hydrogen (secondary N) is 1. The van der Waals surface area contributed by atoms with Gasteiger partial charge in [-0.25, -0.2) is 0 Å². The number of aliphatic imine (C=N–C) groups is 1. The van der Waals surface area contributed by atoms with Gasteiger partial charge < -0.3 is 15.0 Å². The molecule has 0 amide bonds. The van der Waals surface area contributed by atoms with E-state index >= 15 is 0 Å². The van der Waals surface area contributed by atoms with E-state index in [0.29, 0.717) is 0 Å². The van der Waals surface area contributed by atoms with Gasteiger partial charge in [-0.15, -0.1) is 24.0 Å². The summed E-state index contributed by atoms with van der Waals surface area (Å²) in [6.07, 6.45) is 1.32. The number of hydrogen-bond acceptors (Lipinski definition) is 3. The number of rotatable bonds is 4. The van der Waals surface area contributed by atoms with Crippen LogP contribution in [0, 0.1) is 11.8 Å². The Labute approximate surface area is 181 Å². The van der Waals surface area contributed by atoms with E-state index in [4.69, 9.17) is 4.74 Å². The van der Waals surface area contributed by atoms with Crippen LogP contribution in [0.25, 0.3) is 0 Å². The van der Waals surface area contributed by atoms with Gasteiger partial charge in [-0.1, -0.05) is 38.1 Å². The highest BCUT2D eigenvalue weighted by molar-refractivity contribution is 14.0. The number of hydrogen-bond donors (Lipinski definition) is 1. The minimum Gasteiger partial charge on any atom is -0.379 e. The van der Waals surface area contributed by atoms with Gasteiger partial charge in [0.25, 0.3) is 0 Å². The molecule has 1 N–H and O–H groups in total. The summed E-state index contributed by atoms with van der Waals surface area (Å²) in [4.78, 5) is 9.37. The third-order valence-electron chi connectivity index (χ3n) is 5.36. The van der Waals surface area contributed by atoms with Crippen molar-refractivity contribution < 1.29 is 4.74 Å². The zero-order valence-corrected chi connectivity index (χ0v) is 19.3. The van der Waals surface area contributed by atoms with Crippen molar-refractivity contribution in [1.29, 1.82) is 0 Å². The Kier molecular flexibility index (Phi) is 9.32. The second-order valence-electron chi connectivity index (χ2n) is 7.96. The fourth-order valence-corrected chi connectivity index (χ4v) is 4.13. The standard InChI is InChI=1S/C21H34N4O.HI/c1-17-12-18(2)15-25(14-17)21(22-3)23-13-19-4-6-20(7-5-19)16-24-8-10-26-11-9-24;/h4-7,17-18H,8-16H2,1-3H3,(H,22,23);1H. The molecule has 2 heterocycles. The molecule has 2 fully saturated rings. The first-order chi connectivity index (χ1) is 12.6. The molecular formula is C21H35IN4O. The molecular weight excluding hydrogens is 451 g/mol. The predicted molar refractivity (Wildman–Crippen MR) is 123 cm³/mol. The van der Waals surface area contributed by atoms with Crippen molar-refractivity contribution in [3.8, 4) is 0 Å². The maximum Gasteiger partial charge on any atom is 0.193 e.